The highest BCUT2D eigenvalue weighted by molar-refractivity contribution is 6.05. The summed E-state index contributed by atoms with van der Waals surface area (Å²) in [5.74, 6) is -0.359. The molecule has 2 heterocycles. The molecule has 1 aliphatic heterocycles. The Balaban J connectivity index is 1.48. The molecule has 2 amide bonds. The van der Waals surface area contributed by atoms with Gasteiger partial charge >= 0.3 is 0 Å². The summed E-state index contributed by atoms with van der Waals surface area (Å²) in [5, 5.41) is 2.87. The number of aryl methyl sites for hydroxylation is 1. The van der Waals surface area contributed by atoms with Crippen LogP contribution in [0.1, 0.15) is 28.1 Å². The second-order valence-corrected chi connectivity index (χ2v) is 6.73. The number of fused-ring (bicyclic) bond motifs is 1. The lowest BCUT2D eigenvalue weighted by Crippen LogP contribution is -2.35. The third kappa shape index (κ3) is 3.81. The van der Waals surface area contributed by atoms with Crippen LogP contribution in [0.15, 0.2) is 65.3 Å². The first-order valence-electron chi connectivity index (χ1n) is 9.13. The average molecular weight is 378 g/mol. The first-order valence-corrected chi connectivity index (χ1v) is 9.13. The summed E-state index contributed by atoms with van der Waals surface area (Å²) in [6, 6.07) is 14.8. The van der Waals surface area contributed by atoms with Crippen molar-refractivity contribution in [1.82, 2.24) is 0 Å². The van der Waals surface area contributed by atoms with Crippen LogP contribution in [0.2, 0.25) is 0 Å². The fraction of sp³-hybridized carbons (Fsp3) is 0.182. The maximum atomic E-state index is 13.0. The number of rotatable bonds is 4. The average Bonchev–Trinajstić information content (AvgIpc) is 3.23. The molecule has 0 unspecified atom stereocenters. The minimum atomic E-state index is -0.326. The second-order valence-electron chi connectivity index (χ2n) is 6.73. The van der Waals surface area contributed by atoms with E-state index in [-0.39, 0.29) is 24.1 Å². The molecular formula is C22H19FN2O3. The van der Waals surface area contributed by atoms with Gasteiger partial charge in [-0.3, -0.25) is 9.59 Å². The summed E-state index contributed by atoms with van der Waals surface area (Å²) in [5.41, 5.74) is 3.26. The number of anilines is 2. The van der Waals surface area contributed by atoms with Crippen molar-refractivity contribution in [2.45, 2.75) is 19.3 Å². The number of halogens is 1. The number of hydrogen-bond donors (Lipinski definition) is 1. The quantitative estimate of drug-likeness (QED) is 0.740. The van der Waals surface area contributed by atoms with Gasteiger partial charge in [0.05, 0.1) is 12.7 Å². The van der Waals surface area contributed by atoms with Crippen LogP contribution in [-0.4, -0.2) is 18.4 Å². The van der Waals surface area contributed by atoms with Crippen LogP contribution in [0.4, 0.5) is 15.8 Å². The van der Waals surface area contributed by atoms with Gasteiger partial charge < -0.3 is 14.6 Å². The van der Waals surface area contributed by atoms with Crippen molar-refractivity contribution in [3.8, 4) is 0 Å². The molecule has 6 heteroatoms. The van der Waals surface area contributed by atoms with Gasteiger partial charge in [-0.05, 0) is 66.4 Å². The van der Waals surface area contributed by atoms with Crippen LogP contribution in [0, 0.1) is 5.82 Å². The third-order valence-electron chi connectivity index (χ3n) is 4.74. The lowest BCUT2D eigenvalue weighted by Gasteiger charge is -2.29. The van der Waals surface area contributed by atoms with Crippen molar-refractivity contribution in [3.05, 3.63) is 83.6 Å². The number of nitrogens with zero attached hydrogens (tertiary/aromatic N) is 1. The molecule has 1 N–H and O–H groups in total. The van der Waals surface area contributed by atoms with Crippen LogP contribution >= 0.6 is 0 Å². The number of nitrogens with one attached hydrogen (secondary N) is 1. The van der Waals surface area contributed by atoms with Gasteiger partial charge in [-0.25, -0.2) is 4.39 Å². The van der Waals surface area contributed by atoms with E-state index in [1.165, 1.54) is 18.4 Å². The lowest BCUT2D eigenvalue weighted by molar-refractivity contribution is -0.115. The lowest BCUT2D eigenvalue weighted by atomic mass is 10.0. The zero-order valence-corrected chi connectivity index (χ0v) is 15.2. The fourth-order valence-corrected chi connectivity index (χ4v) is 3.41. The Bertz CT molecular complexity index is 997. The SMILES string of the molecule is O=C(Cc1ccc(F)cc1)Nc1ccc2c(c1)CCCN2C(=O)c1ccco1. The Morgan fingerprint density at radius 2 is 1.93 bits per heavy atom. The highest BCUT2D eigenvalue weighted by atomic mass is 19.1. The minimum Gasteiger partial charge on any atom is -0.459 e. The van der Waals surface area contributed by atoms with E-state index in [1.54, 1.807) is 35.2 Å². The normalized spacial score (nSPS) is 13.1. The van der Waals surface area contributed by atoms with Crippen LogP contribution in [-0.2, 0) is 17.6 Å². The topological polar surface area (TPSA) is 62.6 Å². The van der Waals surface area contributed by atoms with Crippen molar-refractivity contribution in [3.63, 3.8) is 0 Å². The molecular weight excluding hydrogens is 359 g/mol. The molecule has 4 rings (SSSR count). The smallest absolute Gasteiger partial charge is 0.293 e. The Kier molecular flexibility index (Phi) is 4.93. The van der Waals surface area contributed by atoms with Gasteiger partial charge in [0.2, 0.25) is 5.91 Å². The summed E-state index contributed by atoms with van der Waals surface area (Å²) in [6.07, 6.45) is 3.32. The van der Waals surface area contributed by atoms with Gasteiger partial charge in [0, 0.05) is 17.9 Å². The van der Waals surface area contributed by atoms with Gasteiger partial charge in [0.1, 0.15) is 5.82 Å². The van der Waals surface area contributed by atoms with Crippen molar-refractivity contribution >= 4 is 23.2 Å². The number of amides is 2. The number of benzene rings is 2. The van der Waals surface area contributed by atoms with Crippen molar-refractivity contribution in [2.75, 3.05) is 16.8 Å². The number of hydrogen-bond acceptors (Lipinski definition) is 3. The van der Waals surface area contributed by atoms with Crippen LogP contribution in [0.25, 0.3) is 0 Å². The van der Waals surface area contributed by atoms with E-state index in [4.69, 9.17) is 4.42 Å². The van der Waals surface area contributed by atoms with Crippen molar-refractivity contribution in [2.24, 2.45) is 0 Å². The summed E-state index contributed by atoms with van der Waals surface area (Å²) in [6.45, 7) is 0.628. The molecule has 5 nitrogen and oxygen atoms in total. The molecule has 1 aliphatic rings. The van der Waals surface area contributed by atoms with E-state index in [9.17, 15) is 14.0 Å². The maximum absolute atomic E-state index is 13.0. The van der Waals surface area contributed by atoms with Crippen molar-refractivity contribution in [1.29, 1.82) is 0 Å². The fourth-order valence-electron chi connectivity index (χ4n) is 3.41. The van der Waals surface area contributed by atoms with Crippen LogP contribution < -0.4 is 10.2 Å². The minimum absolute atomic E-state index is 0.167. The molecule has 1 aromatic heterocycles. The van der Waals surface area contributed by atoms with E-state index >= 15 is 0 Å². The standard InChI is InChI=1S/C22H19FN2O3/c23-17-7-5-15(6-8-17)13-21(26)24-18-9-10-19-16(14-18)3-1-11-25(19)22(27)20-4-2-12-28-20/h2,4-10,12,14H,1,3,11,13H2,(H,24,26). The number of furan rings is 1. The first-order chi connectivity index (χ1) is 13.6. The van der Waals surface area contributed by atoms with Gasteiger partial charge in [0.15, 0.2) is 5.76 Å². The molecule has 0 fully saturated rings. The number of carbonyl (C=O) groups excluding carboxylic acids is 2. The molecule has 0 atom stereocenters. The van der Waals surface area contributed by atoms with Gasteiger partial charge in [-0.1, -0.05) is 12.1 Å². The molecule has 0 radical (unpaired) electrons. The molecule has 2 aromatic carbocycles. The third-order valence-corrected chi connectivity index (χ3v) is 4.74. The largest absolute Gasteiger partial charge is 0.459 e. The zero-order chi connectivity index (χ0) is 19.5. The second kappa shape index (κ2) is 7.68. The molecule has 0 aliphatic carbocycles. The van der Waals surface area contributed by atoms with E-state index < -0.39 is 0 Å². The predicted octanol–water partition coefficient (Wildman–Crippen LogP) is 4.19. The van der Waals surface area contributed by atoms with Crippen molar-refractivity contribution < 1.29 is 18.4 Å². The highest BCUT2D eigenvalue weighted by Crippen LogP contribution is 2.31. The summed E-state index contributed by atoms with van der Waals surface area (Å²) in [7, 11) is 0. The maximum Gasteiger partial charge on any atom is 0.293 e. The molecule has 0 saturated heterocycles. The van der Waals surface area contributed by atoms with Gasteiger partial charge in [-0.15, -0.1) is 0 Å². The molecule has 0 saturated carbocycles. The molecule has 0 bridgehead atoms. The van der Waals surface area contributed by atoms with E-state index in [1.807, 2.05) is 12.1 Å². The van der Waals surface area contributed by atoms with E-state index in [0.717, 1.165) is 29.7 Å². The highest BCUT2D eigenvalue weighted by Gasteiger charge is 2.25. The Morgan fingerprint density at radius 1 is 1.11 bits per heavy atom. The predicted molar refractivity (Wildman–Crippen MR) is 104 cm³/mol. The summed E-state index contributed by atoms with van der Waals surface area (Å²) < 4.78 is 18.2. The molecule has 142 valence electrons. The summed E-state index contributed by atoms with van der Waals surface area (Å²) >= 11 is 0. The van der Waals surface area contributed by atoms with E-state index in [2.05, 4.69) is 5.32 Å². The number of carbonyl (C=O) groups is 2. The van der Waals surface area contributed by atoms with Crippen LogP contribution in [0.5, 0.6) is 0 Å². The first kappa shape index (κ1) is 18.0. The Hall–Kier alpha value is -3.41. The Morgan fingerprint density at radius 3 is 2.68 bits per heavy atom. The van der Waals surface area contributed by atoms with Crippen LogP contribution in [0.3, 0.4) is 0 Å². The molecule has 3 aromatic rings. The molecule has 0 spiro atoms. The van der Waals surface area contributed by atoms with Gasteiger partial charge in [0.25, 0.3) is 5.91 Å². The summed E-state index contributed by atoms with van der Waals surface area (Å²) in [4.78, 5) is 26.6. The monoisotopic (exact) mass is 378 g/mol. The Labute approximate surface area is 161 Å². The van der Waals surface area contributed by atoms with E-state index in [0.29, 0.717) is 18.0 Å². The molecule has 28 heavy (non-hydrogen) atoms. The zero-order valence-electron chi connectivity index (χ0n) is 15.2. The van der Waals surface area contributed by atoms with Gasteiger partial charge in [-0.2, -0.15) is 0 Å².